The number of fused-ring (bicyclic) bond motifs is 1. The van der Waals surface area contributed by atoms with E-state index in [1.807, 2.05) is 21.6 Å². The number of aliphatic hydroxyl groups excluding tert-OH is 1. The standard InChI is InChI=1S/C32H51N9O14P2S2/c1-32(2,3)59-58-13-7-11-35-10-6-4-5-8-24(42)54-27-21(53-30(26(27)43)41-18-38-25-28(34)36-17-37-29(25)41)16-51-57(48,49)55-19-14-23(40-12-9-22(33)39-31(40)44)52-20(19)15-50-56(45,46)47/h9,12,17-21,23,26-27,30,35,43H,4-8,10-11,13-16H2,1-3H3,(H,48,49)(H2,33,39,44)(H2,34,36,37)(H2,45,46,47)/t19-,20+,21+,23+,26+,27+,30+/m0/s1. The molecule has 2 saturated heterocycles. The number of nitrogens with two attached hydrogens (primary N) is 2. The van der Waals surface area contributed by atoms with Crippen molar-refractivity contribution in [1.29, 1.82) is 0 Å². The molecule has 0 bridgehead atoms. The van der Waals surface area contributed by atoms with Crippen LogP contribution in [0.1, 0.15) is 71.8 Å². The lowest BCUT2D eigenvalue weighted by Gasteiger charge is -2.24. The largest absolute Gasteiger partial charge is 0.472 e. The summed E-state index contributed by atoms with van der Waals surface area (Å²) in [6.45, 7) is 6.67. The maximum Gasteiger partial charge on any atom is 0.472 e. The Morgan fingerprint density at radius 3 is 2.49 bits per heavy atom. The zero-order chi connectivity index (χ0) is 43.0. The lowest BCUT2D eigenvalue weighted by atomic mass is 10.1. The van der Waals surface area contributed by atoms with E-state index in [0.717, 1.165) is 42.7 Å². The van der Waals surface area contributed by atoms with Crippen LogP contribution in [0.25, 0.3) is 11.2 Å². The SMILES string of the molecule is CC(C)(C)SSCCCNCCCCCC(=O)O[C@H]1[C@@H](O)[C@H](n2cnc3c(N)ncnc32)O[C@@H]1COP(=O)(O)O[C@H]1C[C@H](n2ccc(N)nc2=O)O[C@@H]1COP(=O)(O)O. The number of nitrogen functional groups attached to an aromatic ring is 2. The second-order valence-electron chi connectivity index (χ2n) is 14.6. The number of esters is 1. The van der Waals surface area contributed by atoms with Crippen LogP contribution in [0.4, 0.5) is 11.6 Å². The second kappa shape index (κ2) is 20.9. The molecule has 9 N–H and O–H groups in total. The highest BCUT2D eigenvalue weighted by Gasteiger charge is 2.49. The molecule has 3 aromatic heterocycles. The summed E-state index contributed by atoms with van der Waals surface area (Å²) in [4.78, 5) is 70.8. The number of aliphatic hydroxyl groups is 1. The molecule has 0 spiro atoms. The minimum absolute atomic E-state index is 0.0228. The first kappa shape index (κ1) is 47.3. The number of hydrogen-bond donors (Lipinski definition) is 7. The summed E-state index contributed by atoms with van der Waals surface area (Å²) >= 11 is 0. The van der Waals surface area contributed by atoms with E-state index < -0.39 is 83.5 Å². The summed E-state index contributed by atoms with van der Waals surface area (Å²) in [6.07, 6.45) is -2.97. The summed E-state index contributed by atoms with van der Waals surface area (Å²) in [5.41, 5.74) is 11.1. The molecule has 3 aromatic rings. The van der Waals surface area contributed by atoms with Crippen LogP contribution in [0.15, 0.2) is 29.7 Å². The average Bonchev–Trinajstić information content (AvgIpc) is 3.83. The van der Waals surface area contributed by atoms with Crippen LogP contribution in [0.2, 0.25) is 0 Å². The number of nitrogens with zero attached hydrogens (tertiary/aromatic N) is 6. The molecule has 1 unspecified atom stereocenters. The number of unbranched alkanes of at least 4 members (excludes halogenated alkanes) is 2. The van der Waals surface area contributed by atoms with Crippen molar-refractivity contribution >= 4 is 66.0 Å². The highest BCUT2D eigenvalue weighted by molar-refractivity contribution is 8.77. The molecule has 330 valence electrons. The van der Waals surface area contributed by atoms with Gasteiger partial charge in [-0.25, -0.2) is 28.9 Å². The number of anilines is 2. The van der Waals surface area contributed by atoms with Crippen LogP contribution in [-0.4, -0.2) is 122 Å². The van der Waals surface area contributed by atoms with Crippen molar-refractivity contribution in [2.75, 3.05) is 43.5 Å². The van der Waals surface area contributed by atoms with Crippen LogP contribution >= 0.6 is 37.2 Å². The molecule has 5 rings (SSSR count). The van der Waals surface area contributed by atoms with Gasteiger partial charge in [0, 0.05) is 29.5 Å². The minimum atomic E-state index is -5.11. The number of nitrogens with one attached hydrogen (secondary N) is 1. The number of phosphoric acid groups is 2. The minimum Gasteiger partial charge on any atom is -0.457 e. The van der Waals surface area contributed by atoms with Crippen molar-refractivity contribution < 1.29 is 61.5 Å². The predicted molar refractivity (Wildman–Crippen MR) is 215 cm³/mol. The quantitative estimate of drug-likeness (QED) is 0.0328. The van der Waals surface area contributed by atoms with Gasteiger partial charge in [0.25, 0.3) is 0 Å². The van der Waals surface area contributed by atoms with Gasteiger partial charge in [-0.1, -0.05) is 48.8 Å². The van der Waals surface area contributed by atoms with Crippen LogP contribution in [0.5, 0.6) is 0 Å². The van der Waals surface area contributed by atoms with E-state index in [1.165, 1.54) is 29.5 Å². The van der Waals surface area contributed by atoms with Gasteiger partial charge in [-0.05, 0) is 38.4 Å². The Balaban J connectivity index is 1.20. The highest BCUT2D eigenvalue weighted by atomic mass is 33.1. The first-order valence-electron chi connectivity index (χ1n) is 18.6. The summed E-state index contributed by atoms with van der Waals surface area (Å²) in [7, 11) is -6.41. The van der Waals surface area contributed by atoms with Crippen LogP contribution in [0, 0.1) is 0 Å². The van der Waals surface area contributed by atoms with Gasteiger partial charge in [-0.2, -0.15) is 4.98 Å². The maximum atomic E-state index is 13.4. The molecule has 0 aromatic carbocycles. The Kier molecular flexibility index (Phi) is 16.7. The monoisotopic (exact) mass is 911 g/mol. The number of ether oxygens (including phenoxy) is 3. The van der Waals surface area contributed by atoms with Crippen LogP contribution in [-0.2, 0) is 41.7 Å². The zero-order valence-electron chi connectivity index (χ0n) is 32.5. The maximum absolute atomic E-state index is 13.4. The number of rotatable bonds is 22. The lowest BCUT2D eigenvalue weighted by Crippen LogP contribution is -2.38. The molecule has 59 heavy (non-hydrogen) atoms. The molecule has 0 aliphatic carbocycles. The third-order valence-electron chi connectivity index (χ3n) is 8.78. The van der Waals surface area contributed by atoms with E-state index in [4.69, 9.17) is 34.7 Å². The summed E-state index contributed by atoms with van der Waals surface area (Å²) in [6, 6.07) is 1.30. The molecule has 2 aliphatic rings. The average molecular weight is 912 g/mol. The van der Waals surface area contributed by atoms with E-state index in [1.54, 1.807) is 0 Å². The third-order valence-corrected chi connectivity index (χ3v) is 13.7. The fraction of sp³-hybridized carbons (Fsp3) is 0.688. The molecule has 27 heteroatoms. The molecule has 5 heterocycles. The number of phosphoric ester groups is 2. The fourth-order valence-corrected chi connectivity index (χ4v) is 9.77. The molecule has 2 aliphatic heterocycles. The fourth-order valence-electron chi connectivity index (χ4n) is 6.11. The Labute approximate surface area is 346 Å². The van der Waals surface area contributed by atoms with E-state index in [9.17, 15) is 38.5 Å². The van der Waals surface area contributed by atoms with Crippen molar-refractivity contribution in [3.8, 4) is 0 Å². The van der Waals surface area contributed by atoms with E-state index in [-0.39, 0.29) is 40.4 Å². The van der Waals surface area contributed by atoms with Gasteiger partial charge in [0.05, 0.1) is 19.5 Å². The van der Waals surface area contributed by atoms with Gasteiger partial charge < -0.3 is 50.8 Å². The molecule has 2 fully saturated rings. The Morgan fingerprint density at radius 2 is 1.76 bits per heavy atom. The third kappa shape index (κ3) is 14.1. The van der Waals surface area contributed by atoms with Gasteiger partial charge in [-0.3, -0.25) is 27.5 Å². The normalized spacial score (nSPS) is 24.8. The molecular weight excluding hydrogens is 860 g/mol. The van der Waals surface area contributed by atoms with Crippen molar-refractivity contribution in [3.05, 3.63) is 35.4 Å². The zero-order valence-corrected chi connectivity index (χ0v) is 36.0. The summed E-state index contributed by atoms with van der Waals surface area (Å²) in [5.74, 6) is 0.384. The molecule has 23 nitrogen and oxygen atoms in total. The lowest BCUT2D eigenvalue weighted by molar-refractivity contribution is -0.156. The van der Waals surface area contributed by atoms with Crippen molar-refractivity contribution in [2.45, 2.75) is 107 Å². The van der Waals surface area contributed by atoms with Crippen LogP contribution < -0.4 is 22.5 Å². The van der Waals surface area contributed by atoms with Crippen molar-refractivity contribution in [2.24, 2.45) is 0 Å². The number of aromatic nitrogens is 6. The Morgan fingerprint density at radius 1 is 1.02 bits per heavy atom. The van der Waals surface area contributed by atoms with Gasteiger partial charge in [-0.15, -0.1) is 0 Å². The smallest absolute Gasteiger partial charge is 0.457 e. The van der Waals surface area contributed by atoms with Crippen molar-refractivity contribution in [3.63, 3.8) is 0 Å². The molecule has 0 amide bonds. The molecule has 0 radical (unpaired) electrons. The Bertz CT molecular complexity index is 2020. The van der Waals surface area contributed by atoms with Crippen molar-refractivity contribution in [1.82, 2.24) is 34.4 Å². The molecule has 8 atom stereocenters. The van der Waals surface area contributed by atoms with Crippen LogP contribution in [0.3, 0.4) is 0 Å². The predicted octanol–water partition coefficient (Wildman–Crippen LogP) is 2.04. The first-order chi connectivity index (χ1) is 27.8. The van der Waals surface area contributed by atoms with E-state index >= 15 is 0 Å². The summed E-state index contributed by atoms with van der Waals surface area (Å²) < 4.78 is 60.1. The molecular formula is C32H51N9O14P2S2. The van der Waals surface area contributed by atoms with Gasteiger partial charge >= 0.3 is 27.3 Å². The number of imidazole rings is 1. The summed E-state index contributed by atoms with van der Waals surface area (Å²) in [5, 5.41) is 14.9. The number of hydrogen-bond acceptors (Lipinski definition) is 20. The van der Waals surface area contributed by atoms with E-state index in [2.05, 4.69) is 50.5 Å². The van der Waals surface area contributed by atoms with Gasteiger partial charge in [0.15, 0.2) is 23.8 Å². The number of carbonyl (C=O) groups is 1. The molecule has 0 saturated carbocycles. The highest BCUT2D eigenvalue weighted by Crippen LogP contribution is 2.50. The number of carbonyl (C=O) groups excluding carboxylic acids is 1. The second-order valence-corrected chi connectivity index (χ2v) is 20.5. The topological polar surface area (TPSA) is 330 Å². The van der Waals surface area contributed by atoms with E-state index in [0.29, 0.717) is 6.42 Å². The Hall–Kier alpha value is -2.74. The first-order valence-corrected chi connectivity index (χ1v) is 24.0. The van der Waals surface area contributed by atoms with Gasteiger partial charge in [0.2, 0.25) is 0 Å². The van der Waals surface area contributed by atoms with Gasteiger partial charge in [0.1, 0.15) is 48.3 Å².